The second-order valence-electron chi connectivity index (χ2n) is 4.35. The van der Waals surface area contributed by atoms with Crippen molar-refractivity contribution in [1.29, 1.82) is 0 Å². The number of rotatable bonds is 3. The van der Waals surface area contributed by atoms with Crippen molar-refractivity contribution in [2.45, 2.75) is 19.9 Å². The fourth-order valence-electron chi connectivity index (χ4n) is 1.75. The fraction of sp³-hybridized carbons (Fsp3) is 0.333. The molecule has 0 spiro atoms. The lowest BCUT2D eigenvalue weighted by atomic mass is 10.1. The second kappa shape index (κ2) is 4.18. The van der Waals surface area contributed by atoms with Gasteiger partial charge in [0.05, 0.1) is 11.6 Å². The van der Waals surface area contributed by atoms with Crippen LogP contribution in [-0.2, 0) is 0 Å². The van der Waals surface area contributed by atoms with Crippen LogP contribution in [0.3, 0.4) is 0 Å². The maximum Gasteiger partial charge on any atom is 0.356 e. The molecule has 3 N–H and O–H groups in total. The maximum absolute atomic E-state index is 11.1. The third kappa shape index (κ3) is 1.89. The van der Waals surface area contributed by atoms with Crippen LogP contribution in [0.25, 0.3) is 5.52 Å². The van der Waals surface area contributed by atoms with Crippen LogP contribution in [0.4, 0.5) is 0 Å². The highest BCUT2D eigenvalue weighted by Gasteiger charge is 2.21. The minimum Gasteiger partial charge on any atom is -0.476 e. The van der Waals surface area contributed by atoms with E-state index in [9.17, 15) is 4.79 Å². The number of aromatic nitrogens is 2. The SMILES string of the molecule is CC(C)C(N)c1nc(C(=O)O)c2ccccn12. The molecule has 0 saturated heterocycles. The van der Waals surface area contributed by atoms with E-state index in [1.807, 2.05) is 19.9 Å². The van der Waals surface area contributed by atoms with Gasteiger partial charge in [0, 0.05) is 6.20 Å². The molecule has 0 bridgehead atoms. The molecule has 0 aromatic carbocycles. The van der Waals surface area contributed by atoms with Crippen molar-refractivity contribution in [3.8, 4) is 0 Å². The molecule has 2 aromatic rings. The highest BCUT2D eigenvalue weighted by atomic mass is 16.4. The molecule has 5 heteroatoms. The molecule has 0 radical (unpaired) electrons. The van der Waals surface area contributed by atoms with E-state index >= 15 is 0 Å². The Labute approximate surface area is 98.9 Å². The Kier molecular flexibility index (Phi) is 2.85. The zero-order valence-corrected chi connectivity index (χ0v) is 9.79. The van der Waals surface area contributed by atoms with Crippen molar-refractivity contribution in [2.24, 2.45) is 11.7 Å². The van der Waals surface area contributed by atoms with Crippen molar-refractivity contribution in [3.63, 3.8) is 0 Å². The number of fused-ring (bicyclic) bond motifs is 1. The molecule has 2 aromatic heterocycles. The number of hydrogen-bond donors (Lipinski definition) is 2. The van der Waals surface area contributed by atoms with Gasteiger partial charge in [-0.2, -0.15) is 0 Å². The van der Waals surface area contributed by atoms with Crippen LogP contribution < -0.4 is 5.73 Å². The fourth-order valence-corrected chi connectivity index (χ4v) is 1.75. The van der Waals surface area contributed by atoms with Gasteiger partial charge in [0.1, 0.15) is 5.82 Å². The number of carboxylic acids is 1. The minimum atomic E-state index is -1.03. The van der Waals surface area contributed by atoms with Gasteiger partial charge in [-0.15, -0.1) is 0 Å². The molecule has 17 heavy (non-hydrogen) atoms. The summed E-state index contributed by atoms with van der Waals surface area (Å²) in [4.78, 5) is 15.3. The number of imidazole rings is 1. The lowest BCUT2D eigenvalue weighted by molar-refractivity contribution is 0.0693. The average Bonchev–Trinajstić information content (AvgIpc) is 2.67. The standard InChI is InChI=1S/C12H15N3O2/c1-7(2)9(13)11-14-10(12(16)17)8-5-3-4-6-15(8)11/h3-7,9H,13H2,1-2H3,(H,16,17). The number of hydrogen-bond acceptors (Lipinski definition) is 3. The van der Waals surface area contributed by atoms with Crippen LogP contribution in [0.15, 0.2) is 24.4 Å². The molecular weight excluding hydrogens is 218 g/mol. The van der Waals surface area contributed by atoms with Gasteiger partial charge in [0.2, 0.25) is 0 Å². The topological polar surface area (TPSA) is 80.6 Å². The minimum absolute atomic E-state index is 0.0525. The summed E-state index contributed by atoms with van der Waals surface area (Å²) in [7, 11) is 0. The zero-order chi connectivity index (χ0) is 12.6. The number of carbonyl (C=O) groups is 1. The Morgan fingerprint density at radius 1 is 1.47 bits per heavy atom. The van der Waals surface area contributed by atoms with Crippen LogP contribution in [0.2, 0.25) is 0 Å². The van der Waals surface area contributed by atoms with E-state index < -0.39 is 5.97 Å². The second-order valence-corrected chi connectivity index (χ2v) is 4.35. The van der Waals surface area contributed by atoms with Gasteiger partial charge in [0.15, 0.2) is 5.69 Å². The quantitative estimate of drug-likeness (QED) is 0.845. The van der Waals surface area contributed by atoms with Crippen molar-refractivity contribution < 1.29 is 9.90 Å². The van der Waals surface area contributed by atoms with E-state index in [-0.39, 0.29) is 17.7 Å². The molecule has 5 nitrogen and oxygen atoms in total. The molecule has 1 atom stereocenters. The first-order chi connectivity index (χ1) is 8.02. The van der Waals surface area contributed by atoms with Gasteiger partial charge in [-0.1, -0.05) is 19.9 Å². The van der Waals surface area contributed by atoms with Crippen molar-refractivity contribution in [1.82, 2.24) is 9.38 Å². The summed E-state index contributed by atoms with van der Waals surface area (Å²) in [5.74, 6) is -0.244. The van der Waals surface area contributed by atoms with Gasteiger partial charge in [-0.05, 0) is 18.1 Å². The predicted octanol–water partition coefficient (Wildman–Crippen LogP) is 1.69. The Morgan fingerprint density at radius 2 is 2.18 bits per heavy atom. The Bertz CT molecular complexity index is 560. The lowest BCUT2D eigenvalue weighted by Crippen LogP contribution is -2.19. The normalized spacial score (nSPS) is 13.2. The van der Waals surface area contributed by atoms with Crippen molar-refractivity contribution >= 4 is 11.5 Å². The highest BCUT2D eigenvalue weighted by molar-refractivity contribution is 5.93. The van der Waals surface area contributed by atoms with Gasteiger partial charge in [-0.25, -0.2) is 9.78 Å². The monoisotopic (exact) mass is 233 g/mol. The largest absolute Gasteiger partial charge is 0.476 e. The summed E-state index contributed by atoms with van der Waals surface area (Å²) in [5.41, 5.74) is 6.67. The summed E-state index contributed by atoms with van der Waals surface area (Å²) in [6.45, 7) is 3.96. The Balaban J connectivity index is 2.68. The molecule has 90 valence electrons. The first-order valence-electron chi connectivity index (χ1n) is 5.48. The van der Waals surface area contributed by atoms with Gasteiger partial charge in [0.25, 0.3) is 0 Å². The number of pyridine rings is 1. The first-order valence-corrected chi connectivity index (χ1v) is 5.48. The number of carboxylic acid groups (broad SMARTS) is 1. The summed E-state index contributed by atoms with van der Waals surface area (Å²) < 4.78 is 1.74. The van der Waals surface area contributed by atoms with E-state index in [1.54, 1.807) is 22.7 Å². The Morgan fingerprint density at radius 3 is 2.76 bits per heavy atom. The van der Waals surface area contributed by atoms with Gasteiger partial charge >= 0.3 is 5.97 Å². The highest BCUT2D eigenvalue weighted by Crippen LogP contribution is 2.21. The van der Waals surface area contributed by atoms with E-state index in [4.69, 9.17) is 10.8 Å². The molecule has 0 fully saturated rings. The zero-order valence-electron chi connectivity index (χ0n) is 9.79. The Hall–Kier alpha value is -1.88. The summed E-state index contributed by atoms with van der Waals surface area (Å²) in [5, 5.41) is 9.10. The summed E-state index contributed by atoms with van der Waals surface area (Å²) in [6, 6.07) is 5.07. The van der Waals surface area contributed by atoms with E-state index in [2.05, 4.69) is 4.98 Å². The van der Waals surface area contributed by atoms with Crippen LogP contribution in [-0.4, -0.2) is 20.5 Å². The van der Waals surface area contributed by atoms with Crippen LogP contribution in [0.5, 0.6) is 0 Å². The first kappa shape index (κ1) is 11.6. The van der Waals surface area contributed by atoms with Crippen molar-refractivity contribution in [3.05, 3.63) is 35.9 Å². The third-order valence-electron chi connectivity index (χ3n) is 2.79. The molecule has 1 unspecified atom stereocenters. The number of nitrogens with zero attached hydrogens (tertiary/aromatic N) is 2. The summed E-state index contributed by atoms with van der Waals surface area (Å²) in [6.07, 6.45) is 1.78. The molecule has 2 rings (SSSR count). The molecule has 0 aliphatic heterocycles. The van der Waals surface area contributed by atoms with Gasteiger partial charge in [-0.3, -0.25) is 0 Å². The molecular formula is C12H15N3O2. The molecule has 2 heterocycles. The molecule has 0 amide bonds. The average molecular weight is 233 g/mol. The van der Waals surface area contributed by atoms with Crippen LogP contribution >= 0.6 is 0 Å². The predicted molar refractivity (Wildman–Crippen MR) is 63.9 cm³/mol. The van der Waals surface area contributed by atoms with Gasteiger partial charge < -0.3 is 15.2 Å². The summed E-state index contributed by atoms with van der Waals surface area (Å²) >= 11 is 0. The van der Waals surface area contributed by atoms with E-state index in [1.165, 1.54) is 0 Å². The number of nitrogens with two attached hydrogens (primary N) is 1. The van der Waals surface area contributed by atoms with Crippen LogP contribution in [0, 0.1) is 5.92 Å². The lowest BCUT2D eigenvalue weighted by Gasteiger charge is -2.13. The molecule has 0 aliphatic carbocycles. The van der Waals surface area contributed by atoms with Crippen molar-refractivity contribution in [2.75, 3.05) is 0 Å². The van der Waals surface area contributed by atoms with E-state index in [0.29, 0.717) is 11.3 Å². The number of aromatic carboxylic acids is 1. The third-order valence-corrected chi connectivity index (χ3v) is 2.79. The maximum atomic E-state index is 11.1. The van der Waals surface area contributed by atoms with Crippen LogP contribution in [0.1, 0.15) is 36.2 Å². The molecule has 0 saturated carbocycles. The smallest absolute Gasteiger partial charge is 0.356 e. The van der Waals surface area contributed by atoms with E-state index in [0.717, 1.165) is 0 Å². The molecule has 0 aliphatic rings.